The zero-order valence-corrected chi connectivity index (χ0v) is 13.7. The van der Waals surface area contributed by atoms with Crippen LogP contribution in [0.25, 0.3) is 0 Å². The van der Waals surface area contributed by atoms with Crippen molar-refractivity contribution in [3.8, 4) is 0 Å². The smallest absolute Gasteiger partial charge is 0.162 e. The van der Waals surface area contributed by atoms with E-state index < -0.39 is 0 Å². The number of carbonyl (C=O) groups is 1. The quantitative estimate of drug-likeness (QED) is 0.651. The number of hydrogen-bond acceptors (Lipinski definition) is 2. The molecule has 0 spiro atoms. The molecule has 0 saturated heterocycles. The molecule has 2 aromatic rings. The molecule has 0 aliphatic rings. The van der Waals surface area contributed by atoms with E-state index in [1.807, 2.05) is 6.07 Å². The highest BCUT2D eigenvalue weighted by Gasteiger charge is 2.08. The highest BCUT2D eigenvalue weighted by atomic mass is 35.5. The predicted molar refractivity (Wildman–Crippen MR) is 92.4 cm³/mol. The maximum Gasteiger partial charge on any atom is 0.162 e. The molecule has 0 N–H and O–H groups in total. The molecule has 0 atom stereocenters. The Morgan fingerprint density at radius 2 is 1.73 bits per heavy atom. The number of hydrogen-bond donors (Lipinski definition) is 0. The fourth-order valence-electron chi connectivity index (χ4n) is 2.43. The van der Waals surface area contributed by atoms with Crippen molar-refractivity contribution in [2.24, 2.45) is 0 Å². The van der Waals surface area contributed by atoms with Crippen molar-refractivity contribution < 1.29 is 4.79 Å². The Labute approximate surface area is 137 Å². The van der Waals surface area contributed by atoms with Crippen molar-refractivity contribution in [2.45, 2.75) is 26.3 Å². The fourth-order valence-corrected chi connectivity index (χ4v) is 2.56. The first-order chi connectivity index (χ1) is 10.7. The van der Waals surface area contributed by atoms with Gasteiger partial charge in [-0.2, -0.15) is 0 Å². The summed E-state index contributed by atoms with van der Waals surface area (Å²) in [5.74, 6) is 0.187. The number of carbonyl (C=O) groups excluding carboxylic acids is 1. The molecule has 0 amide bonds. The summed E-state index contributed by atoms with van der Waals surface area (Å²) in [4.78, 5) is 14.5. The first kappa shape index (κ1) is 16.7. The van der Waals surface area contributed by atoms with E-state index >= 15 is 0 Å². The number of halogens is 1. The highest BCUT2D eigenvalue weighted by Crippen LogP contribution is 2.12. The second-order valence-corrected chi connectivity index (χ2v) is 5.82. The van der Waals surface area contributed by atoms with Gasteiger partial charge in [0, 0.05) is 23.6 Å². The Balaban J connectivity index is 1.78. The summed E-state index contributed by atoms with van der Waals surface area (Å²) < 4.78 is 0. The molecule has 116 valence electrons. The largest absolute Gasteiger partial charge is 0.299 e. The molecule has 0 aromatic heterocycles. The van der Waals surface area contributed by atoms with Crippen molar-refractivity contribution in [1.82, 2.24) is 4.90 Å². The minimum atomic E-state index is 0.187. The molecule has 0 radical (unpaired) electrons. The highest BCUT2D eigenvalue weighted by molar-refractivity contribution is 6.30. The van der Waals surface area contributed by atoms with Crippen molar-refractivity contribution in [2.75, 3.05) is 13.1 Å². The van der Waals surface area contributed by atoms with E-state index in [0.717, 1.165) is 31.6 Å². The molecule has 0 saturated carbocycles. The average molecular weight is 316 g/mol. The third-order valence-electron chi connectivity index (χ3n) is 3.74. The van der Waals surface area contributed by atoms with Gasteiger partial charge < -0.3 is 0 Å². The zero-order chi connectivity index (χ0) is 15.8. The summed E-state index contributed by atoms with van der Waals surface area (Å²) >= 11 is 5.84. The molecule has 2 rings (SSSR count). The Morgan fingerprint density at radius 3 is 2.36 bits per heavy atom. The Bertz CT molecular complexity index is 580. The van der Waals surface area contributed by atoms with Gasteiger partial charge in [0.1, 0.15) is 0 Å². The molecular weight excluding hydrogens is 294 g/mol. The van der Waals surface area contributed by atoms with E-state index in [4.69, 9.17) is 11.6 Å². The maximum absolute atomic E-state index is 12.1. The van der Waals surface area contributed by atoms with Crippen LogP contribution in [-0.4, -0.2) is 23.8 Å². The SMILES string of the molecule is CCN(CCCC(=O)c1ccc(Cl)cc1)Cc1ccccc1. The molecule has 0 bridgehead atoms. The number of Topliss-reactive ketones (excluding diaryl/α,β-unsaturated/α-hetero) is 1. The zero-order valence-electron chi connectivity index (χ0n) is 13.0. The van der Waals surface area contributed by atoms with Crippen molar-refractivity contribution in [3.05, 3.63) is 70.7 Å². The second kappa shape index (κ2) is 8.72. The molecule has 2 nitrogen and oxygen atoms in total. The summed E-state index contributed by atoms with van der Waals surface area (Å²) in [5, 5.41) is 0.663. The van der Waals surface area contributed by atoms with Crippen molar-refractivity contribution >= 4 is 17.4 Å². The van der Waals surface area contributed by atoms with Crippen LogP contribution in [0.1, 0.15) is 35.7 Å². The predicted octanol–water partition coefficient (Wildman–Crippen LogP) is 4.83. The average Bonchev–Trinajstić information content (AvgIpc) is 2.55. The number of nitrogens with zero attached hydrogens (tertiary/aromatic N) is 1. The molecule has 0 aliphatic carbocycles. The van der Waals surface area contributed by atoms with Crippen LogP contribution in [0.3, 0.4) is 0 Å². The third-order valence-corrected chi connectivity index (χ3v) is 3.99. The van der Waals surface area contributed by atoms with Crippen molar-refractivity contribution in [3.63, 3.8) is 0 Å². The first-order valence-corrected chi connectivity index (χ1v) is 8.12. The Morgan fingerprint density at radius 1 is 1.05 bits per heavy atom. The first-order valence-electron chi connectivity index (χ1n) is 7.74. The maximum atomic E-state index is 12.1. The van der Waals surface area contributed by atoms with Gasteiger partial charge in [-0.25, -0.2) is 0 Å². The number of rotatable bonds is 8. The summed E-state index contributed by atoms with van der Waals surface area (Å²) in [7, 11) is 0. The monoisotopic (exact) mass is 315 g/mol. The molecule has 22 heavy (non-hydrogen) atoms. The van der Waals surface area contributed by atoms with Gasteiger partial charge in [0.25, 0.3) is 0 Å². The number of benzene rings is 2. The van der Waals surface area contributed by atoms with Gasteiger partial charge in [-0.05, 0) is 49.3 Å². The lowest BCUT2D eigenvalue weighted by atomic mass is 10.1. The van der Waals surface area contributed by atoms with Crippen LogP contribution in [-0.2, 0) is 6.54 Å². The van der Waals surface area contributed by atoms with E-state index in [9.17, 15) is 4.79 Å². The molecule has 2 aromatic carbocycles. The number of ketones is 1. The van der Waals surface area contributed by atoms with Gasteiger partial charge in [-0.1, -0.05) is 48.9 Å². The van der Waals surface area contributed by atoms with Crippen LogP contribution < -0.4 is 0 Å². The Kier molecular flexibility index (Phi) is 6.63. The normalized spacial score (nSPS) is 10.9. The van der Waals surface area contributed by atoms with Gasteiger partial charge in [-0.3, -0.25) is 9.69 Å². The molecule has 0 heterocycles. The van der Waals surface area contributed by atoms with E-state index in [0.29, 0.717) is 11.4 Å². The van der Waals surface area contributed by atoms with Crippen LogP contribution in [0.5, 0.6) is 0 Å². The van der Waals surface area contributed by atoms with Crippen LogP contribution >= 0.6 is 11.6 Å². The van der Waals surface area contributed by atoms with Gasteiger partial charge >= 0.3 is 0 Å². The summed E-state index contributed by atoms with van der Waals surface area (Å²) in [6.45, 7) is 5.02. The van der Waals surface area contributed by atoms with Gasteiger partial charge in [0.2, 0.25) is 0 Å². The van der Waals surface area contributed by atoms with Crippen molar-refractivity contribution in [1.29, 1.82) is 0 Å². The lowest BCUT2D eigenvalue weighted by Gasteiger charge is -2.20. The Hall–Kier alpha value is -1.64. The summed E-state index contributed by atoms with van der Waals surface area (Å²) in [5.41, 5.74) is 2.06. The van der Waals surface area contributed by atoms with E-state index in [-0.39, 0.29) is 5.78 Å². The minimum absolute atomic E-state index is 0.187. The fraction of sp³-hybridized carbons (Fsp3) is 0.316. The molecule has 0 aliphatic heterocycles. The standard InChI is InChI=1S/C19H22ClNO/c1-2-21(15-16-7-4-3-5-8-16)14-6-9-19(22)17-10-12-18(20)13-11-17/h3-5,7-8,10-13H,2,6,9,14-15H2,1H3. The van der Waals surface area contributed by atoms with Gasteiger partial charge in [-0.15, -0.1) is 0 Å². The van der Waals surface area contributed by atoms with Crippen LogP contribution in [0, 0.1) is 0 Å². The topological polar surface area (TPSA) is 20.3 Å². The third kappa shape index (κ3) is 5.28. The lowest BCUT2D eigenvalue weighted by Crippen LogP contribution is -2.24. The van der Waals surface area contributed by atoms with Gasteiger partial charge in [0.15, 0.2) is 5.78 Å². The summed E-state index contributed by atoms with van der Waals surface area (Å²) in [6, 6.07) is 17.6. The minimum Gasteiger partial charge on any atom is -0.299 e. The van der Waals surface area contributed by atoms with Crippen LogP contribution in [0.15, 0.2) is 54.6 Å². The molecule has 0 unspecified atom stereocenters. The lowest BCUT2D eigenvalue weighted by molar-refractivity contribution is 0.0974. The van der Waals surface area contributed by atoms with Crippen LogP contribution in [0.2, 0.25) is 5.02 Å². The van der Waals surface area contributed by atoms with E-state index in [1.54, 1.807) is 24.3 Å². The van der Waals surface area contributed by atoms with E-state index in [2.05, 4.69) is 36.1 Å². The summed E-state index contributed by atoms with van der Waals surface area (Å²) in [6.07, 6.45) is 1.45. The van der Waals surface area contributed by atoms with Gasteiger partial charge in [0.05, 0.1) is 0 Å². The molecular formula is C19H22ClNO. The molecule has 0 fully saturated rings. The van der Waals surface area contributed by atoms with Crippen LogP contribution in [0.4, 0.5) is 0 Å². The van der Waals surface area contributed by atoms with E-state index in [1.165, 1.54) is 5.56 Å². The second-order valence-electron chi connectivity index (χ2n) is 5.39. The molecule has 3 heteroatoms.